The smallest absolute Gasteiger partial charge is 0.226 e. The highest BCUT2D eigenvalue weighted by Gasteiger charge is 2.07. The third-order valence-corrected chi connectivity index (χ3v) is 3.53. The molecule has 4 aromatic rings. The molecule has 0 saturated carbocycles. The number of hydrogen-bond donors (Lipinski definition) is 0. The summed E-state index contributed by atoms with van der Waals surface area (Å²) in [6.45, 7) is 0.363. The zero-order valence-corrected chi connectivity index (χ0v) is 12.3. The minimum absolute atomic E-state index is 0.363. The van der Waals surface area contributed by atoms with Crippen molar-refractivity contribution in [3.05, 3.63) is 78.8 Å². The van der Waals surface area contributed by atoms with E-state index in [4.69, 9.17) is 9.15 Å². The zero-order valence-electron chi connectivity index (χ0n) is 12.3. The van der Waals surface area contributed by atoms with Gasteiger partial charge >= 0.3 is 0 Å². The van der Waals surface area contributed by atoms with Crippen LogP contribution in [-0.2, 0) is 6.61 Å². The van der Waals surface area contributed by atoms with Gasteiger partial charge in [-0.15, -0.1) is 0 Å². The summed E-state index contributed by atoms with van der Waals surface area (Å²) in [5.74, 6) is 1.39. The Morgan fingerprint density at radius 1 is 0.957 bits per heavy atom. The topological polar surface area (TPSA) is 48.2 Å². The Labute approximate surface area is 133 Å². The number of aromatic nitrogens is 2. The van der Waals surface area contributed by atoms with Crippen LogP contribution in [0.3, 0.4) is 0 Å². The monoisotopic (exact) mass is 302 g/mol. The van der Waals surface area contributed by atoms with Crippen molar-refractivity contribution in [2.75, 3.05) is 0 Å². The van der Waals surface area contributed by atoms with Crippen LogP contribution >= 0.6 is 0 Å². The zero-order chi connectivity index (χ0) is 15.5. The second-order valence-electron chi connectivity index (χ2n) is 5.16. The van der Waals surface area contributed by atoms with E-state index in [0.29, 0.717) is 12.5 Å². The van der Waals surface area contributed by atoms with Crippen molar-refractivity contribution in [1.29, 1.82) is 0 Å². The highest BCUT2D eigenvalue weighted by molar-refractivity contribution is 5.79. The van der Waals surface area contributed by atoms with Crippen LogP contribution in [-0.4, -0.2) is 9.97 Å². The van der Waals surface area contributed by atoms with E-state index in [0.717, 1.165) is 27.9 Å². The molecule has 0 aliphatic carbocycles. The van der Waals surface area contributed by atoms with Gasteiger partial charge in [-0.25, -0.2) is 4.98 Å². The van der Waals surface area contributed by atoms with E-state index in [1.807, 2.05) is 60.7 Å². The van der Waals surface area contributed by atoms with E-state index >= 15 is 0 Å². The summed E-state index contributed by atoms with van der Waals surface area (Å²) in [7, 11) is 0. The quantitative estimate of drug-likeness (QED) is 0.558. The van der Waals surface area contributed by atoms with E-state index in [9.17, 15) is 0 Å². The maximum Gasteiger partial charge on any atom is 0.226 e. The van der Waals surface area contributed by atoms with Gasteiger partial charge < -0.3 is 9.15 Å². The van der Waals surface area contributed by atoms with Crippen LogP contribution in [0.2, 0.25) is 0 Å². The number of benzene rings is 2. The molecule has 0 unspecified atom stereocenters. The summed E-state index contributed by atoms with van der Waals surface area (Å²) in [5.41, 5.74) is 2.67. The van der Waals surface area contributed by atoms with Crippen molar-refractivity contribution < 1.29 is 9.15 Å². The van der Waals surface area contributed by atoms with Crippen LogP contribution in [0.4, 0.5) is 0 Å². The number of oxazole rings is 1. The molecule has 0 aliphatic rings. The van der Waals surface area contributed by atoms with Crippen molar-refractivity contribution in [1.82, 2.24) is 9.97 Å². The maximum atomic E-state index is 5.80. The largest absolute Gasteiger partial charge is 0.487 e. The summed E-state index contributed by atoms with van der Waals surface area (Å²) in [4.78, 5) is 8.75. The number of rotatable bonds is 4. The Bertz CT molecular complexity index is 932. The first-order chi connectivity index (χ1) is 11.4. The van der Waals surface area contributed by atoms with E-state index < -0.39 is 0 Å². The van der Waals surface area contributed by atoms with Crippen LogP contribution in [0, 0.1) is 0 Å². The van der Waals surface area contributed by atoms with Gasteiger partial charge in [-0.3, -0.25) is 4.98 Å². The van der Waals surface area contributed by atoms with Gasteiger partial charge in [0.25, 0.3) is 0 Å². The SMILES string of the molecule is c1ccc(-c2nc(COc3ccc4ncccc4c3)co2)cc1. The van der Waals surface area contributed by atoms with Gasteiger partial charge in [0, 0.05) is 17.1 Å². The highest BCUT2D eigenvalue weighted by atomic mass is 16.5. The molecule has 4 heteroatoms. The van der Waals surface area contributed by atoms with E-state index in [2.05, 4.69) is 9.97 Å². The fourth-order valence-corrected chi connectivity index (χ4v) is 2.39. The molecule has 2 heterocycles. The molecule has 0 saturated heterocycles. The third kappa shape index (κ3) is 2.92. The maximum absolute atomic E-state index is 5.80. The number of hydrogen-bond acceptors (Lipinski definition) is 4. The first kappa shape index (κ1) is 13.5. The average molecular weight is 302 g/mol. The highest BCUT2D eigenvalue weighted by Crippen LogP contribution is 2.21. The van der Waals surface area contributed by atoms with Crippen molar-refractivity contribution in [2.24, 2.45) is 0 Å². The lowest BCUT2D eigenvalue weighted by atomic mass is 10.2. The predicted molar refractivity (Wildman–Crippen MR) is 88.0 cm³/mol. The lowest BCUT2D eigenvalue weighted by molar-refractivity contribution is 0.301. The fourth-order valence-electron chi connectivity index (χ4n) is 2.39. The molecule has 4 rings (SSSR count). The Morgan fingerprint density at radius 2 is 1.87 bits per heavy atom. The summed E-state index contributed by atoms with van der Waals surface area (Å²) >= 11 is 0. The Balaban J connectivity index is 1.49. The molecule has 2 aromatic carbocycles. The number of fused-ring (bicyclic) bond motifs is 1. The normalized spacial score (nSPS) is 10.8. The molecule has 0 radical (unpaired) electrons. The first-order valence-electron chi connectivity index (χ1n) is 7.36. The second-order valence-corrected chi connectivity index (χ2v) is 5.16. The van der Waals surface area contributed by atoms with E-state index in [1.165, 1.54) is 0 Å². The molecule has 0 aliphatic heterocycles. The first-order valence-corrected chi connectivity index (χ1v) is 7.36. The van der Waals surface area contributed by atoms with Gasteiger partial charge in [0.05, 0.1) is 5.52 Å². The van der Waals surface area contributed by atoms with Crippen molar-refractivity contribution in [3.8, 4) is 17.2 Å². The molecule has 23 heavy (non-hydrogen) atoms. The second kappa shape index (κ2) is 5.93. The van der Waals surface area contributed by atoms with Crippen LogP contribution in [0.25, 0.3) is 22.4 Å². The van der Waals surface area contributed by atoms with Crippen LogP contribution in [0.1, 0.15) is 5.69 Å². The Morgan fingerprint density at radius 3 is 2.78 bits per heavy atom. The van der Waals surface area contributed by atoms with Gasteiger partial charge in [0.2, 0.25) is 5.89 Å². The molecule has 4 nitrogen and oxygen atoms in total. The van der Waals surface area contributed by atoms with E-state index in [1.54, 1.807) is 12.5 Å². The standard InChI is InChI=1S/C19H14N2O2/c1-2-5-14(6-3-1)19-21-16(13-23-19)12-22-17-8-9-18-15(11-17)7-4-10-20-18/h1-11,13H,12H2. The molecule has 0 N–H and O–H groups in total. The Hall–Kier alpha value is -3.14. The number of pyridine rings is 1. The van der Waals surface area contributed by atoms with Crippen molar-refractivity contribution >= 4 is 10.9 Å². The average Bonchev–Trinajstić information content (AvgIpc) is 3.10. The van der Waals surface area contributed by atoms with Crippen LogP contribution in [0.15, 0.2) is 77.5 Å². The molecule has 0 bridgehead atoms. The van der Waals surface area contributed by atoms with Gasteiger partial charge in [-0.05, 0) is 36.4 Å². The van der Waals surface area contributed by atoms with Crippen molar-refractivity contribution in [3.63, 3.8) is 0 Å². The molecular formula is C19H14N2O2. The molecule has 0 fully saturated rings. The van der Waals surface area contributed by atoms with Gasteiger partial charge in [0.1, 0.15) is 24.3 Å². The van der Waals surface area contributed by atoms with Gasteiger partial charge in [-0.1, -0.05) is 24.3 Å². The van der Waals surface area contributed by atoms with Crippen molar-refractivity contribution in [2.45, 2.75) is 6.61 Å². The molecule has 0 spiro atoms. The Kier molecular flexibility index (Phi) is 3.48. The minimum atomic E-state index is 0.363. The fraction of sp³-hybridized carbons (Fsp3) is 0.0526. The lowest BCUT2D eigenvalue weighted by Gasteiger charge is -2.04. The molecule has 112 valence electrons. The minimum Gasteiger partial charge on any atom is -0.487 e. The molecule has 2 aromatic heterocycles. The predicted octanol–water partition coefficient (Wildman–Crippen LogP) is 4.47. The summed E-state index contributed by atoms with van der Waals surface area (Å²) < 4.78 is 11.3. The van der Waals surface area contributed by atoms with Crippen LogP contribution in [0.5, 0.6) is 5.75 Å². The van der Waals surface area contributed by atoms with Gasteiger partial charge in [0.15, 0.2) is 0 Å². The van der Waals surface area contributed by atoms with Gasteiger partial charge in [-0.2, -0.15) is 0 Å². The third-order valence-electron chi connectivity index (χ3n) is 3.53. The van der Waals surface area contributed by atoms with Crippen LogP contribution < -0.4 is 4.74 Å². The number of nitrogens with zero attached hydrogens (tertiary/aromatic N) is 2. The van der Waals surface area contributed by atoms with E-state index in [-0.39, 0.29) is 0 Å². The molecule has 0 atom stereocenters. The lowest BCUT2D eigenvalue weighted by Crippen LogP contribution is -1.95. The molecular weight excluding hydrogens is 288 g/mol. The number of ether oxygens (including phenoxy) is 1. The summed E-state index contributed by atoms with van der Waals surface area (Å²) in [6, 6.07) is 19.6. The summed E-state index contributed by atoms with van der Waals surface area (Å²) in [6.07, 6.45) is 3.41. The molecule has 0 amide bonds. The summed E-state index contributed by atoms with van der Waals surface area (Å²) in [5, 5.41) is 1.05.